The maximum absolute atomic E-state index is 12.0. The van der Waals surface area contributed by atoms with E-state index in [9.17, 15) is 4.79 Å². The fraction of sp³-hybridized carbons (Fsp3) is 0.562. The highest BCUT2D eigenvalue weighted by Gasteiger charge is 2.16. The van der Waals surface area contributed by atoms with Crippen molar-refractivity contribution in [3.8, 4) is 11.5 Å². The summed E-state index contributed by atoms with van der Waals surface area (Å²) < 4.78 is 15.7. The molecule has 1 aliphatic heterocycles. The lowest BCUT2D eigenvalue weighted by atomic mass is 10.1. The molecule has 1 amide bonds. The third-order valence-electron chi connectivity index (χ3n) is 3.68. The van der Waals surface area contributed by atoms with Crippen molar-refractivity contribution >= 4 is 5.91 Å². The van der Waals surface area contributed by atoms with Gasteiger partial charge in [0.25, 0.3) is 0 Å². The Kier molecular flexibility index (Phi) is 5.87. The molecule has 0 spiro atoms. The van der Waals surface area contributed by atoms with Gasteiger partial charge in [0, 0.05) is 25.7 Å². The zero-order valence-electron chi connectivity index (χ0n) is 12.7. The molecule has 5 nitrogen and oxygen atoms in total. The van der Waals surface area contributed by atoms with Gasteiger partial charge in [-0.2, -0.15) is 0 Å². The third kappa shape index (κ3) is 4.63. The van der Waals surface area contributed by atoms with E-state index >= 15 is 0 Å². The molecular weight excluding hydrogens is 270 g/mol. The average Bonchev–Trinajstić information content (AvgIpc) is 2.53. The molecule has 0 aliphatic carbocycles. The molecule has 0 unspecified atom stereocenters. The van der Waals surface area contributed by atoms with Gasteiger partial charge in [-0.25, -0.2) is 0 Å². The van der Waals surface area contributed by atoms with Crippen LogP contribution in [0, 0.1) is 0 Å². The van der Waals surface area contributed by atoms with Crippen molar-refractivity contribution in [3.05, 3.63) is 23.8 Å². The van der Waals surface area contributed by atoms with Gasteiger partial charge in [0.15, 0.2) is 11.5 Å². The highest BCUT2D eigenvalue weighted by molar-refractivity contribution is 5.76. The lowest BCUT2D eigenvalue weighted by molar-refractivity contribution is -0.122. The number of amides is 1. The fourth-order valence-corrected chi connectivity index (χ4v) is 2.44. The second-order valence-electron chi connectivity index (χ2n) is 5.14. The molecule has 0 radical (unpaired) electrons. The van der Waals surface area contributed by atoms with Crippen molar-refractivity contribution < 1.29 is 19.0 Å². The SMILES string of the molecule is COc1ccc(CCC(=O)NC2CCOCC2)cc1OC. The number of ether oxygens (including phenoxy) is 3. The highest BCUT2D eigenvalue weighted by Crippen LogP contribution is 2.27. The van der Waals surface area contributed by atoms with Crippen LogP contribution >= 0.6 is 0 Å². The third-order valence-corrected chi connectivity index (χ3v) is 3.68. The Morgan fingerprint density at radius 1 is 1.24 bits per heavy atom. The fourth-order valence-electron chi connectivity index (χ4n) is 2.44. The first-order valence-electron chi connectivity index (χ1n) is 7.31. The zero-order valence-corrected chi connectivity index (χ0v) is 12.7. The number of benzene rings is 1. The van der Waals surface area contributed by atoms with Gasteiger partial charge in [-0.1, -0.05) is 6.07 Å². The largest absolute Gasteiger partial charge is 0.493 e. The number of rotatable bonds is 6. The van der Waals surface area contributed by atoms with E-state index in [1.54, 1.807) is 14.2 Å². The summed E-state index contributed by atoms with van der Waals surface area (Å²) in [5.74, 6) is 1.49. The van der Waals surface area contributed by atoms with Gasteiger partial charge in [-0.3, -0.25) is 4.79 Å². The highest BCUT2D eigenvalue weighted by atomic mass is 16.5. The molecule has 116 valence electrons. The predicted octanol–water partition coefficient (Wildman–Crippen LogP) is 1.93. The van der Waals surface area contributed by atoms with Crippen molar-refractivity contribution in [1.29, 1.82) is 0 Å². The molecule has 1 aromatic carbocycles. The van der Waals surface area contributed by atoms with Crippen LogP contribution in [0.1, 0.15) is 24.8 Å². The summed E-state index contributed by atoms with van der Waals surface area (Å²) in [6.45, 7) is 1.47. The van der Waals surface area contributed by atoms with Gasteiger partial charge in [-0.15, -0.1) is 0 Å². The zero-order chi connectivity index (χ0) is 15.1. The van der Waals surface area contributed by atoms with E-state index < -0.39 is 0 Å². The van der Waals surface area contributed by atoms with E-state index in [1.807, 2.05) is 18.2 Å². The van der Waals surface area contributed by atoms with Crippen molar-refractivity contribution in [3.63, 3.8) is 0 Å². The number of hydrogen-bond acceptors (Lipinski definition) is 4. The van der Waals surface area contributed by atoms with Crippen molar-refractivity contribution in [2.45, 2.75) is 31.7 Å². The number of aryl methyl sites for hydroxylation is 1. The summed E-state index contributed by atoms with van der Waals surface area (Å²) in [4.78, 5) is 12.0. The van der Waals surface area contributed by atoms with Crippen molar-refractivity contribution in [2.75, 3.05) is 27.4 Å². The number of hydrogen-bond donors (Lipinski definition) is 1. The van der Waals surface area contributed by atoms with E-state index in [4.69, 9.17) is 14.2 Å². The molecule has 1 saturated heterocycles. The van der Waals surface area contributed by atoms with Crippen LogP contribution < -0.4 is 14.8 Å². The van der Waals surface area contributed by atoms with E-state index in [0.717, 1.165) is 31.6 Å². The molecule has 1 fully saturated rings. The quantitative estimate of drug-likeness (QED) is 0.871. The number of carbonyl (C=O) groups is 1. The standard InChI is InChI=1S/C16H23NO4/c1-19-14-5-3-12(11-15(14)20-2)4-6-16(18)17-13-7-9-21-10-8-13/h3,5,11,13H,4,6-10H2,1-2H3,(H,17,18). The Balaban J connectivity index is 1.83. The Hall–Kier alpha value is -1.75. The van der Waals surface area contributed by atoms with E-state index in [0.29, 0.717) is 24.3 Å². The lowest BCUT2D eigenvalue weighted by Crippen LogP contribution is -2.38. The molecular formula is C16H23NO4. The van der Waals surface area contributed by atoms with E-state index in [1.165, 1.54) is 0 Å². The van der Waals surface area contributed by atoms with Crippen LogP contribution in [0.5, 0.6) is 11.5 Å². The Labute approximate surface area is 125 Å². The van der Waals surface area contributed by atoms with Gasteiger partial charge in [-0.05, 0) is 37.0 Å². The molecule has 1 aromatic rings. The minimum Gasteiger partial charge on any atom is -0.493 e. The first-order valence-corrected chi connectivity index (χ1v) is 7.31. The van der Waals surface area contributed by atoms with Crippen LogP contribution in [0.4, 0.5) is 0 Å². The molecule has 0 bridgehead atoms. The molecule has 0 saturated carbocycles. The molecule has 2 rings (SSSR count). The lowest BCUT2D eigenvalue weighted by Gasteiger charge is -2.23. The molecule has 1 N–H and O–H groups in total. The monoisotopic (exact) mass is 293 g/mol. The van der Waals surface area contributed by atoms with Crippen LogP contribution in [-0.2, 0) is 16.0 Å². The van der Waals surface area contributed by atoms with Crippen molar-refractivity contribution in [2.24, 2.45) is 0 Å². The van der Waals surface area contributed by atoms with E-state index in [-0.39, 0.29) is 11.9 Å². The van der Waals surface area contributed by atoms with Crippen LogP contribution in [0.15, 0.2) is 18.2 Å². The number of methoxy groups -OCH3 is 2. The van der Waals surface area contributed by atoms with Crippen LogP contribution in [-0.4, -0.2) is 39.4 Å². The van der Waals surface area contributed by atoms with Crippen LogP contribution in [0.25, 0.3) is 0 Å². The molecule has 1 aliphatic rings. The first-order chi connectivity index (χ1) is 10.2. The Morgan fingerprint density at radius 3 is 2.62 bits per heavy atom. The second-order valence-corrected chi connectivity index (χ2v) is 5.14. The van der Waals surface area contributed by atoms with Crippen LogP contribution in [0.2, 0.25) is 0 Å². The maximum atomic E-state index is 12.0. The number of carbonyl (C=O) groups excluding carboxylic acids is 1. The smallest absolute Gasteiger partial charge is 0.220 e. The summed E-state index contributed by atoms with van der Waals surface area (Å²) in [5.41, 5.74) is 1.06. The molecule has 5 heteroatoms. The second kappa shape index (κ2) is 7.88. The maximum Gasteiger partial charge on any atom is 0.220 e. The topological polar surface area (TPSA) is 56.8 Å². The molecule has 0 atom stereocenters. The van der Waals surface area contributed by atoms with Crippen LogP contribution in [0.3, 0.4) is 0 Å². The summed E-state index contributed by atoms with van der Waals surface area (Å²) >= 11 is 0. The summed E-state index contributed by atoms with van der Waals surface area (Å²) in [6.07, 6.45) is 2.98. The molecule has 21 heavy (non-hydrogen) atoms. The Bertz CT molecular complexity index is 469. The summed E-state index contributed by atoms with van der Waals surface area (Å²) in [5, 5.41) is 3.07. The van der Waals surface area contributed by atoms with Gasteiger partial charge in [0.05, 0.1) is 14.2 Å². The minimum atomic E-state index is 0.0942. The molecule has 0 aromatic heterocycles. The van der Waals surface area contributed by atoms with Crippen molar-refractivity contribution in [1.82, 2.24) is 5.32 Å². The van der Waals surface area contributed by atoms with Gasteiger partial charge >= 0.3 is 0 Å². The van der Waals surface area contributed by atoms with Gasteiger partial charge < -0.3 is 19.5 Å². The summed E-state index contributed by atoms with van der Waals surface area (Å²) in [7, 11) is 3.22. The molecule has 1 heterocycles. The number of nitrogens with one attached hydrogen (secondary N) is 1. The normalized spacial score (nSPS) is 15.5. The Morgan fingerprint density at radius 2 is 1.95 bits per heavy atom. The van der Waals surface area contributed by atoms with E-state index in [2.05, 4.69) is 5.32 Å². The predicted molar refractivity (Wildman–Crippen MR) is 79.9 cm³/mol. The summed E-state index contributed by atoms with van der Waals surface area (Å²) in [6, 6.07) is 6.01. The average molecular weight is 293 g/mol. The van der Waals surface area contributed by atoms with Gasteiger partial charge in [0.1, 0.15) is 0 Å². The first kappa shape index (κ1) is 15.6. The van der Waals surface area contributed by atoms with Gasteiger partial charge in [0.2, 0.25) is 5.91 Å². The minimum absolute atomic E-state index is 0.0942.